The SMILES string of the molecule is Cc1ccc(-c2nn3c(-c4c(C)nc5ccccn45)nnc3s2)c(C)c1. The highest BCUT2D eigenvalue weighted by molar-refractivity contribution is 7.19. The Kier molecular flexibility index (Phi) is 3.20. The molecule has 0 fully saturated rings. The van der Waals surface area contributed by atoms with E-state index in [1.165, 1.54) is 11.1 Å². The molecular formula is C19H16N6S. The van der Waals surface area contributed by atoms with Crippen molar-refractivity contribution in [3.63, 3.8) is 0 Å². The van der Waals surface area contributed by atoms with E-state index in [1.54, 1.807) is 11.3 Å². The average Bonchev–Trinajstić information content (AvgIpc) is 3.26. The van der Waals surface area contributed by atoms with E-state index in [1.807, 2.05) is 40.2 Å². The van der Waals surface area contributed by atoms with E-state index in [0.717, 1.165) is 32.6 Å². The fraction of sp³-hybridized carbons (Fsp3) is 0.158. The minimum Gasteiger partial charge on any atom is -0.297 e. The number of imidazole rings is 1. The maximum Gasteiger partial charge on any atom is 0.235 e. The highest BCUT2D eigenvalue weighted by Crippen LogP contribution is 2.31. The van der Waals surface area contributed by atoms with Crippen LogP contribution in [0.5, 0.6) is 0 Å². The van der Waals surface area contributed by atoms with Gasteiger partial charge >= 0.3 is 0 Å². The summed E-state index contributed by atoms with van der Waals surface area (Å²) in [5.74, 6) is 0.712. The number of hydrogen-bond donors (Lipinski definition) is 0. The number of pyridine rings is 1. The van der Waals surface area contributed by atoms with Crippen LogP contribution in [0.3, 0.4) is 0 Å². The molecule has 6 nitrogen and oxygen atoms in total. The van der Waals surface area contributed by atoms with E-state index in [0.29, 0.717) is 5.82 Å². The molecule has 0 bridgehead atoms. The molecule has 0 saturated carbocycles. The zero-order chi connectivity index (χ0) is 17.8. The molecule has 0 radical (unpaired) electrons. The zero-order valence-electron chi connectivity index (χ0n) is 14.6. The van der Waals surface area contributed by atoms with Gasteiger partial charge in [-0.25, -0.2) is 4.98 Å². The number of rotatable bonds is 2. The molecule has 0 saturated heterocycles. The molecule has 0 amide bonds. The molecule has 26 heavy (non-hydrogen) atoms. The molecule has 5 rings (SSSR count). The summed E-state index contributed by atoms with van der Waals surface area (Å²) >= 11 is 1.55. The molecule has 0 unspecified atom stereocenters. The fourth-order valence-corrected chi connectivity index (χ4v) is 4.24. The molecule has 5 aromatic rings. The Morgan fingerprint density at radius 1 is 1.00 bits per heavy atom. The first-order valence-electron chi connectivity index (χ1n) is 8.36. The van der Waals surface area contributed by atoms with Crippen LogP contribution < -0.4 is 0 Å². The second kappa shape index (κ2) is 5.47. The largest absolute Gasteiger partial charge is 0.297 e. The van der Waals surface area contributed by atoms with Crippen LogP contribution in [-0.4, -0.2) is 29.2 Å². The van der Waals surface area contributed by atoms with E-state index >= 15 is 0 Å². The average molecular weight is 360 g/mol. The predicted octanol–water partition coefficient (Wildman–Crippen LogP) is 4.09. The predicted molar refractivity (Wildman–Crippen MR) is 102 cm³/mol. The van der Waals surface area contributed by atoms with Crippen molar-refractivity contribution in [3.05, 3.63) is 59.4 Å². The summed E-state index contributed by atoms with van der Waals surface area (Å²) in [5, 5.41) is 14.5. The van der Waals surface area contributed by atoms with Crippen molar-refractivity contribution in [2.45, 2.75) is 20.8 Å². The first-order chi connectivity index (χ1) is 12.6. The fourth-order valence-electron chi connectivity index (χ4n) is 3.31. The van der Waals surface area contributed by atoms with Crippen LogP contribution in [0.4, 0.5) is 0 Å². The first kappa shape index (κ1) is 15.2. The van der Waals surface area contributed by atoms with Crippen LogP contribution in [0.2, 0.25) is 0 Å². The van der Waals surface area contributed by atoms with Crippen molar-refractivity contribution in [2.24, 2.45) is 0 Å². The van der Waals surface area contributed by atoms with Gasteiger partial charge in [0.25, 0.3) is 0 Å². The topological polar surface area (TPSA) is 60.4 Å². The Bertz CT molecular complexity index is 1280. The van der Waals surface area contributed by atoms with Crippen molar-refractivity contribution in [3.8, 4) is 22.1 Å². The molecule has 0 N–H and O–H groups in total. The van der Waals surface area contributed by atoms with Crippen molar-refractivity contribution in [1.29, 1.82) is 0 Å². The molecular weight excluding hydrogens is 344 g/mol. The van der Waals surface area contributed by atoms with Crippen LogP contribution in [0, 0.1) is 20.8 Å². The van der Waals surface area contributed by atoms with Gasteiger partial charge in [0.05, 0.1) is 5.69 Å². The summed E-state index contributed by atoms with van der Waals surface area (Å²) in [6.07, 6.45) is 1.99. The number of aryl methyl sites for hydroxylation is 3. The minimum atomic E-state index is 0.712. The monoisotopic (exact) mass is 360 g/mol. The maximum atomic E-state index is 4.81. The number of fused-ring (bicyclic) bond motifs is 2. The van der Waals surface area contributed by atoms with Gasteiger partial charge in [0.15, 0.2) is 0 Å². The molecule has 7 heteroatoms. The Hall–Kier alpha value is -3.06. The number of nitrogens with zero attached hydrogens (tertiary/aromatic N) is 6. The van der Waals surface area contributed by atoms with E-state index in [2.05, 4.69) is 47.2 Å². The highest BCUT2D eigenvalue weighted by atomic mass is 32.1. The molecule has 1 aromatic carbocycles. The highest BCUT2D eigenvalue weighted by Gasteiger charge is 2.20. The van der Waals surface area contributed by atoms with Gasteiger partial charge in [-0.3, -0.25) is 4.40 Å². The Morgan fingerprint density at radius 3 is 2.73 bits per heavy atom. The number of benzene rings is 1. The van der Waals surface area contributed by atoms with Crippen molar-refractivity contribution in [1.82, 2.24) is 29.2 Å². The summed E-state index contributed by atoms with van der Waals surface area (Å²) in [5.41, 5.74) is 6.31. The van der Waals surface area contributed by atoms with Crippen molar-refractivity contribution >= 4 is 21.9 Å². The van der Waals surface area contributed by atoms with Gasteiger partial charge in [-0.2, -0.15) is 9.61 Å². The molecule has 0 atom stereocenters. The Morgan fingerprint density at radius 2 is 1.88 bits per heavy atom. The number of hydrogen-bond acceptors (Lipinski definition) is 5. The molecule has 0 aliphatic carbocycles. The van der Waals surface area contributed by atoms with E-state index in [-0.39, 0.29) is 0 Å². The van der Waals surface area contributed by atoms with Gasteiger partial charge in [-0.05, 0) is 38.5 Å². The molecule has 0 spiro atoms. The van der Waals surface area contributed by atoms with Crippen LogP contribution in [0.25, 0.3) is 32.7 Å². The maximum absolute atomic E-state index is 4.81. The van der Waals surface area contributed by atoms with Gasteiger partial charge in [-0.1, -0.05) is 41.2 Å². The summed E-state index contributed by atoms with van der Waals surface area (Å²) in [6.45, 7) is 6.20. The van der Waals surface area contributed by atoms with Gasteiger partial charge < -0.3 is 0 Å². The second-order valence-electron chi connectivity index (χ2n) is 6.42. The van der Waals surface area contributed by atoms with Crippen molar-refractivity contribution in [2.75, 3.05) is 0 Å². The standard InChI is InChI=1S/C19H16N6S/c1-11-7-8-14(12(2)10-11)18-23-25-17(21-22-19(25)26-18)16-13(3)20-15-6-4-5-9-24(15)16/h4-10H,1-3H3. The van der Waals surface area contributed by atoms with Gasteiger partial charge in [0, 0.05) is 11.8 Å². The third-order valence-corrected chi connectivity index (χ3v) is 5.45. The first-order valence-corrected chi connectivity index (χ1v) is 9.17. The Balaban J connectivity index is 1.73. The van der Waals surface area contributed by atoms with Crippen LogP contribution in [-0.2, 0) is 0 Å². The van der Waals surface area contributed by atoms with E-state index in [9.17, 15) is 0 Å². The van der Waals surface area contributed by atoms with Gasteiger partial charge in [-0.15, -0.1) is 10.2 Å². The lowest BCUT2D eigenvalue weighted by molar-refractivity contribution is 0.953. The number of aromatic nitrogens is 6. The minimum absolute atomic E-state index is 0.712. The van der Waals surface area contributed by atoms with E-state index in [4.69, 9.17) is 5.10 Å². The summed E-state index contributed by atoms with van der Waals surface area (Å²) in [7, 11) is 0. The normalized spacial score (nSPS) is 11.7. The molecule has 0 aliphatic heterocycles. The lowest BCUT2D eigenvalue weighted by Gasteiger charge is -2.03. The van der Waals surface area contributed by atoms with Gasteiger partial charge in [0.2, 0.25) is 10.8 Å². The molecule has 0 aliphatic rings. The Labute approximate surface area is 153 Å². The molecule has 4 aromatic heterocycles. The third-order valence-electron chi connectivity index (χ3n) is 4.52. The lowest BCUT2D eigenvalue weighted by atomic mass is 10.1. The molecule has 128 valence electrons. The second-order valence-corrected chi connectivity index (χ2v) is 7.37. The van der Waals surface area contributed by atoms with Crippen LogP contribution in [0.1, 0.15) is 16.8 Å². The van der Waals surface area contributed by atoms with Crippen LogP contribution >= 0.6 is 11.3 Å². The van der Waals surface area contributed by atoms with Crippen molar-refractivity contribution < 1.29 is 0 Å². The molecule has 4 heterocycles. The van der Waals surface area contributed by atoms with Crippen LogP contribution in [0.15, 0.2) is 42.6 Å². The van der Waals surface area contributed by atoms with Gasteiger partial charge in [0.1, 0.15) is 16.3 Å². The lowest BCUT2D eigenvalue weighted by Crippen LogP contribution is -1.96. The zero-order valence-corrected chi connectivity index (χ0v) is 15.4. The quantitative estimate of drug-likeness (QED) is 0.476. The van der Waals surface area contributed by atoms with E-state index < -0.39 is 0 Å². The summed E-state index contributed by atoms with van der Waals surface area (Å²) in [4.78, 5) is 5.40. The third kappa shape index (κ3) is 2.17. The summed E-state index contributed by atoms with van der Waals surface area (Å²) in [6, 6.07) is 12.4. The summed E-state index contributed by atoms with van der Waals surface area (Å²) < 4.78 is 3.85. The smallest absolute Gasteiger partial charge is 0.235 e.